The number of aliphatic hydroxyl groups is 1. The number of rotatable bonds is 4. The number of ether oxygens (including phenoxy) is 1. The second-order valence-electron chi connectivity index (χ2n) is 2.00. The van der Waals surface area contributed by atoms with Crippen LogP contribution in [0.2, 0.25) is 0 Å². The largest absolute Gasteiger partial charge is 0.432 e. The lowest BCUT2D eigenvalue weighted by atomic mass is 10.3. The number of allylic oxidation sites excluding steroid dienone is 1. The molecule has 0 aliphatic carbocycles. The first-order valence-corrected chi connectivity index (χ1v) is 3.14. The van der Waals surface area contributed by atoms with Gasteiger partial charge in [-0.3, -0.25) is 4.79 Å². The number of hydrogen-bond acceptors (Lipinski definition) is 3. The van der Waals surface area contributed by atoms with Crippen molar-refractivity contribution >= 4 is 5.97 Å². The van der Waals surface area contributed by atoms with Crippen molar-refractivity contribution < 1.29 is 14.6 Å². The molecular formula is C7H12O3. The zero-order valence-electron chi connectivity index (χ0n) is 6.09. The Bertz CT molecular complexity index is 129. The van der Waals surface area contributed by atoms with Crippen LogP contribution in [0.3, 0.4) is 0 Å². The molecule has 0 radical (unpaired) electrons. The van der Waals surface area contributed by atoms with Gasteiger partial charge in [0, 0.05) is 13.0 Å². The summed E-state index contributed by atoms with van der Waals surface area (Å²) in [6, 6.07) is 0. The van der Waals surface area contributed by atoms with Crippen LogP contribution in [0, 0.1) is 0 Å². The highest BCUT2D eigenvalue weighted by molar-refractivity contribution is 5.70. The van der Waals surface area contributed by atoms with Gasteiger partial charge < -0.3 is 9.84 Å². The molecule has 0 rings (SSSR count). The number of esters is 1. The fourth-order valence-electron chi connectivity index (χ4n) is 0.469. The third-order valence-corrected chi connectivity index (χ3v) is 0.827. The van der Waals surface area contributed by atoms with Gasteiger partial charge in [0.25, 0.3) is 0 Å². The highest BCUT2D eigenvalue weighted by atomic mass is 16.5. The van der Waals surface area contributed by atoms with E-state index in [9.17, 15) is 4.79 Å². The standard InChI is InChI=1S/C7H12O3/c1-6(2)10-7(9)4-3-5-8/h8H,1,3-5H2,2H3. The van der Waals surface area contributed by atoms with E-state index in [1.807, 2.05) is 0 Å². The van der Waals surface area contributed by atoms with Crippen molar-refractivity contribution in [2.45, 2.75) is 19.8 Å². The Morgan fingerprint density at radius 3 is 2.70 bits per heavy atom. The molecule has 0 saturated carbocycles. The predicted octanol–water partition coefficient (Wildman–Crippen LogP) is 0.836. The highest BCUT2D eigenvalue weighted by Crippen LogP contribution is 1.96. The van der Waals surface area contributed by atoms with Crippen molar-refractivity contribution in [2.24, 2.45) is 0 Å². The lowest BCUT2D eigenvalue weighted by Crippen LogP contribution is -2.02. The molecule has 0 aliphatic rings. The van der Waals surface area contributed by atoms with E-state index >= 15 is 0 Å². The van der Waals surface area contributed by atoms with Crippen LogP contribution in [0.25, 0.3) is 0 Å². The molecule has 0 aromatic rings. The molecule has 0 aromatic carbocycles. The molecule has 0 spiro atoms. The van der Waals surface area contributed by atoms with Crippen LogP contribution in [0.1, 0.15) is 19.8 Å². The molecule has 1 N–H and O–H groups in total. The van der Waals surface area contributed by atoms with Crippen LogP contribution in [0.4, 0.5) is 0 Å². The van der Waals surface area contributed by atoms with Crippen LogP contribution < -0.4 is 0 Å². The number of carbonyl (C=O) groups excluding carboxylic acids is 1. The van der Waals surface area contributed by atoms with E-state index in [1.54, 1.807) is 6.92 Å². The van der Waals surface area contributed by atoms with Gasteiger partial charge >= 0.3 is 5.97 Å². The molecule has 0 atom stereocenters. The molecular weight excluding hydrogens is 132 g/mol. The van der Waals surface area contributed by atoms with Crippen molar-refractivity contribution in [1.29, 1.82) is 0 Å². The molecule has 0 unspecified atom stereocenters. The molecule has 0 fully saturated rings. The second kappa shape index (κ2) is 4.99. The molecule has 0 aromatic heterocycles. The summed E-state index contributed by atoms with van der Waals surface area (Å²) in [4.78, 5) is 10.6. The van der Waals surface area contributed by atoms with E-state index in [0.717, 1.165) is 0 Å². The Balaban J connectivity index is 3.35. The van der Waals surface area contributed by atoms with Crippen molar-refractivity contribution in [2.75, 3.05) is 6.61 Å². The van der Waals surface area contributed by atoms with Crippen LogP contribution in [-0.2, 0) is 9.53 Å². The van der Waals surface area contributed by atoms with Gasteiger partial charge in [0.2, 0.25) is 0 Å². The Hall–Kier alpha value is -0.830. The third-order valence-electron chi connectivity index (χ3n) is 0.827. The van der Waals surface area contributed by atoms with Gasteiger partial charge in [-0.1, -0.05) is 6.58 Å². The highest BCUT2D eigenvalue weighted by Gasteiger charge is 2.00. The molecule has 0 saturated heterocycles. The summed E-state index contributed by atoms with van der Waals surface area (Å²) in [6.07, 6.45) is 0.704. The minimum Gasteiger partial charge on any atom is -0.432 e. The molecule has 0 bridgehead atoms. The van der Waals surface area contributed by atoms with Crippen molar-refractivity contribution in [3.05, 3.63) is 12.3 Å². The van der Waals surface area contributed by atoms with E-state index in [4.69, 9.17) is 5.11 Å². The Labute approximate surface area is 60.3 Å². The topological polar surface area (TPSA) is 46.5 Å². The second-order valence-corrected chi connectivity index (χ2v) is 2.00. The molecule has 0 heterocycles. The lowest BCUT2D eigenvalue weighted by Gasteiger charge is -2.00. The lowest BCUT2D eigenvalue weighted by molar-refractivity contribution is -0.139. The Kier molecular flexibility index (Phi) is 4.58. The van der Waals surface area contributed by atoms with Gasteiger partial charge in [-0.2, -0.15) is 0 Å². The quantitative estimate of drug-likeness (QED) is 0.469. The molecule has 58 valence electrons. The smallest absolute Gasteiger partial charge is 0.310 e. The Morgan fingerprint density at radius 1 is 1.70 bits per heavy atom. The average molecular weight is 144 g/mol. The van der Waals surface area contributed by atoms with Crippen LogP contribution >= 0.6 is 0 Å². The van der Waals surface area contributed by atoms with Gasteiger partial charge in [-0.15, -0.1) is 0 Å². The molecule has 0 aliphatic heterocycles. The summed E-state index contributed by atoms with van der Waals surface area (Å²) in [5.41, 5.74) is 0. The van der Waals surface area contributed by atoms with Gasteiger partial charge in [0.15, 0.2) is 0 Å². The number of hydrogen-bond donors (Lipinski definition) is 1. The number of carbonyl (C=O) groups is 1. The maximum atomic E-state index is 10.6. The Morgan fingerprint density at radius 2 is 2.30 bits per heavy atom. The minimum absolute atomic E-state index is 0.0191. The SMILES string of the molecule is C=C(C)OC(=O)CCCO. The van der Waals surface area contributed by atoms with E-state index in [2.05, 4.69) is 11.3 Å². The monoisotopic (exact) mass is 144 g/mol. The zero-order chi connectivity index (χ0) is 7.98. The summed E-state index contributed by atoms with van der Waals surface area (Å²) in [6.45, 7) is 5.02. The van der Waals surface area contributed by atoms with Gasteiger partial charge in [0.05, 0.1) is 5.76 Å². The van der Waals surface area contributed by atoms with Crippen LogP contribution in [0.5, 0.6) is 0 Å². The van der Waals surface area contributed by atoms with Gasteiger partial charge in [0.1, 0.15) is 0 Å². The summed E-state index contributed by atoms with van der Waals surface area (Å²) in [7, 11) is 0. The summed E-state index contributed by atoms with van der Waals surface area (Å²) < 4.78 is 4.61. The number of aliphatic hydroxyl groups excluding tert-OH is 1. The maximum absolute atomic E-state index is 10.6. The van der Waals surface area contributed by atoms with E-state index in [0.29, 0.717) is 12.2 Å². The average Bonchev–Trinajstić information content (AvgIpc) is 1.82. The summed E-state index contributed by atoms with van der Waals surface area (Å²) in [5.74, 6) is 0.0597. The van der Waals surface area contributed by atoms with Crippen molar-refractivity contribution in [3.63, 3.8) is 0 Å². The molecule has 3 heteroatoms. The van der Waals surface area contributed by atoms with Crippen LogP contribution in [-0.4, -0.2) is 17.7 Å². The third kappa shape index (κ3) is 5.31. The first kappa shape index (κ1) is 9.17. The van der Waals surface area contributed by atoms with Gasteiger partial charge in [-0.05, 0) is 13.3 Å². The van der Waals surface area contributed by atoms with Gasteiger partial charge in [-0.25, -0.2) is 0 Å². The molecule has 0 amide bonds. The van der Waals surface area contributed by atoms with E-state index in [-0.39, 0.29) is 19.0 Å². The normalized spacial score (nSPS) is 9.00. The molecule has 3 nitrogen and oxygen atoms in total. The predicted molar refractivity (Wildman–Crippen MR) is 37.2 cm³/mol. The van der Waals surface area contributed by atoms with E-state index < -0.39 is 0 Å². The maximum Gasteiger partial charge on any atom is 0.310 e. The summed E-state index contributed by atoms with van der Waals surface area (Å²) in [5, 5.41) is 8.32. The van der Waals surface area contributed by atoms with Crippen molar-refractivity contribution in [1.82, 2.24) is 0 Å². The fraction of sp³-hybridized carbons (Fsp3) is 0.571. The summed E-state index contributed by atoms with van der Waals surface area (Å²) >= 11 is 0. The minimum atomic E-state index is -0.332. The molecule has 10 heavy (non-hydrogen) atoms. The zero-order valence-corrected chi connectivity index (χ0v) is 6.09. The van der Waals surface area contributed by atoms with Crippen molar-refractivity contribution in [3.8, 4) is 0 Å². The first-order chi connectivity index (χ1) is 4.66. The first-order valence-electron chi connectivity index (χ1n) is 3.14. The van der Waals surface area contributed by atoms with E-state index in [1.165, 1.54) is 0 Å². The van der Waals surface area contributed by atoms with Crippen LogP contribution in [0.15, 0.2) is 12.3 Å². The fourth-order valence-corrected chi connectivity index (χ4v) is 0.469.